The van der Waals surface area contributed by atoms with Crippen LogP contribution in [0.2, 0.25) is 0 Å². The molecule has 3 heterocycles. The van der Waals surface area contributed by atoms with Crippen LogP contribution in [-0.4, -0.2) is 49.3 Å². The van der Waals surface area contributed by atoms with Crippen molar-refractivity contribution in [2.75, 3.05) is 37.6 Å². The smallest absolute Gasteiger partial charge is 0.133 e. The Morgan fingerprint density at radius 2 is 1.74 bits per heavy atom. The van der Waals surface area contributed by atoms with Crippen LogP contribution in [0, 0.1) is 17.0 Å². The number of piperidine rings is 2. The average Bonchev–Trinajstić information content (AvgIpc) is 2.97. The molecule has 3 aromatic rings. The van der Waals surface area contributed by atoms with Crippen molar-refractivity contribution in [1.29, 1.82) is 0 Å². The van der Waals surface area contributed by atoms with Crippen LogP contribution in [0.1, 0.15) is 74.8 Å². The zero-order valence-electron chi connectivity index (χ0n) is 25.6. The maximum atomic E-state index is 16.3. The molecule has 43 heavy (non-hydrogen) atoms. The largest absolute Gasteiger partial charge is 0.489 e. The molecular weight excluding hydrogens is 547 g/mol. The van der Waals surface area contributed by atoms with E-state index >= 15 is 13.2 Å². The Bertz CT molecular complexity index is 1390. The molecular formula is C36H44F3N3O. The first-order chi connectivity index (χ1) is 20.6. The monoisotopic (exact) mass is 591 g/mol. The Labute approximate surface area is 254 Å². The number of halogens is 3. The van der Waals surface area contributed by atoms with E-state index in [4.69, 9.17) is 4.74 Å². The summed E-state index contributed by atoms with van der Waals surface area (Å²) in [4.78, 5) is 4.08. The van der Waals surface area contributed by atoms with Crippen molar-refractivity contribution in [3.8, 4) is 5.75 Å². The van der Waals surface area contributed by atoms with Gasteiger partial charge in [-0.2, -0.15) is 0 Å². The van der Waals surface area contributed by atoms with Crippen molar-refractivity contribution >= 4 is 5.69 Å². The summed E-state index contributed by atoms with van der Waals surface area (Å²) >= 11 is 0. The predicted molar refractivity (Wildman–Crippen MR) is 166 cm³/mol. The first kappa shape index (κ1) is 30.0. The van der Waals surface area contributed by atoms with E-state index in [0.717, 1.165) is 68.6 Å². The van der Waals surface area contributed by atoms with Gasteiger partial charge >= 0.3 is 0 Å². The molecule has 3 atom stereocenters. The molecule has 4 nitrogen and oxygen atoms in total. The van der Waals surface area contributed by atoms with Gasteiger partial charge < -0.3 is 15.0 Å². The van der Waals surface area contributed by atoms with E-state index in [0.29, 0.717) is 24.5 Å². The highest BCUT2D eigenvalue weighted by Crippen LogP contribution is 2.44. The minimum atomic E-state index is -1.54. The van der Waals surface area contributed by atoms with Crippen LogP contribution < -0.4 is 15.0 Å². The fourth-order valence-corrected chi connectivity index (χ4v) is 7.55. The normalized spacial score (nSPS) is 24.7. The number of nitrogens with zero attached hydrogens (tertiary/aromatic N) is 2. The Balaban J connectivity index is 1.33. The summed E-state index contributed by atoms with van der Waals surface area (Å²) < 4.78 is 53.8. The molecule has 3 aliphatic heterocycles. The Kier molecular flexibility index (Phi) is 8.49. The maximum absolute atomic E-state index is 16.3. The Morgan fingerprint density at radius 1 is 1.00 bits per heavy atom. The zero-order valence-corrected chi connectivity index (χ0v) is 25.6. The fourth-order valence-electron chi connectivity index (χ4n) is 7.55. The highest BCUT2D eigenvalue weighted by Gasteiger charge is 2.41. The lowest BCUT2D eigenvalue weighted by Gasteiger charge is -2.46. The summed E-state index contributed by atoms with van der Waals surface area (Å²) in [6.07, 6.45) is 5.06. The number of rotatable bonds is 7. The molecule has 1 N–H and O–H groups in total. The average molecular weight is 592 g/mol. The molecule has 2 saturated heterocycles. The molecule has 2 unspecified atom stereocenters. The minimum absolute atomic E-state index is 0.00944. The highest BCUT2D eigenvalue weighted by molar-refractivity contribution is 5.53. The van der Waals surface area contributed by atoms with Gasteiger partial charge in [0, 0.05) is 48.9 Å². The summed E-state index contributed by atoms with van der Waals surface area (Å²) in [7, 11) is 0. The second-order valence-corrected chi connectivity index (χ2v) is 13.6. The standard InChI is InChI=1S/C36H44F3N3O/c1-25-17-27-18-29(43-21-26-9-5-4-6-10-26)11-12-30(27)34(42(25)23-35(2,3)39)33-31(37)19-28(20-32(33)38)41-16-8-14-36(24-41)13-7-15-40-22-36/h4-6,9-12,18-20,25,34,40H,7-8,13-17,21-24H2,1-3H3/t25-,34?,36?/m1/s1. The molecule has 0 saturated carbocycles. The second-order valence-electron chi connectivity index (χ2n) is 13.6. The number of hydrogen-bond acceptors (Lipinski definition) is 4. The molecule has 2 fully saturated rings. The van der Waals surface area contributed by atoms with E-state index in [-0.39, 0.29) is 23.6 Å². The van der Waals surface area contributed by atoms with Gasteiger partial charge in [0.15, 0.2) is 0 Å². The number of nitrogens with one attached hydrogen (secondary N) is 1. The lowest BCUT2D eigenvalue weighted by atomic mass is 9.74. The molecule has 3 aromatic carbocycles. The van der Waals surface area contributed by atoms with Gasteiger partial charge in [0.1, 0.15) is 29.7 Å². The highest BCUT2D eigenvalue weighted by atomic mass is 19.1. The Morgan fingerprint density at radius 3 is 2.44 bits per heavy atom. The van der Waals surface area contributed by atoms with Gasteiger partial charge in [-0.25, -0.2) is 13.2 Å². The van der Waals surface area contributed by atoms with E-state index in [9.17, 15) is 0 Å². The summed E-state index contributed by atoms with van der Waals surface area (Å²) in [5.41, 5.74) is 2.03. The van der Waals surface area contributed by atoms with Gasteiger partial charge in [-0.3, -0.25) is 4.90 Å². The van der Waals surface area contributed by atoms with Gasteiger partial charge in [0.25, 0.3) is 0 Å². The summed E-state index contributed by atoms with van der Waals surface area (Å²) in [6.45, 7) is 9.12. The predicted octanol–water partition coefficient (Wildman–Crippen LogP) is 7.60. The van der Waals surface area contributed by atoms with Gasteiger partial charge in [0.05, 0.1) is 6.04 Å². The van der Waals surface area contributed by atoms with Crippen molar-refractivity contribution in [2.45, 2.75) is 77.2 Å². The van der Waals surface area contributed by atoms with E-state index in [1.54, 1.807) is 0 Å². The summed E-state index contributed by atoms with van der Waals surface area (Å²) in [5.74, 6) is -0.444. The van der Waals surface area contributed by atoms with Crippen LogP contribution in [0.5, 0.6) is 5.75 Å². The third kappa shape index (κ3) is 6.58. The number of ether oxygens (including phenoxy) is 1. The minimum Gasteiger partial charge on any atom is -0.489 e. The lowest BCUT2D eigenvalue weighted by molar-refractivity contribution is 0.0652. The van der Waals surface area contributed by atoms with Crippen molar-refractivity contribution in [1.82, 2.24) is 10.2 Å². The molecule has 1 spiro atoms. The Hall–Kier alpha value is -3.03. The number of anilines is 1. The van der Waals surface area contributed by atoms with Gasteiger partial charge in [-0.1, -0.05) is 36.4 Å². The van der Waals surface area contributed by atoms with Crippen LogP contribution >= 0.6 is 0 Å². The number of alkyl halides is 1. The van der Waals surface area contributed by atoms with Crippen molar-refractivity contribution in [2.24, 2.45) is 5.41 Å². The SMILES string of the molecule is C[C@@H]1Cc2cc(OCc3ccccc3)ccc2C(c2c(F)cc(N3CCCC4(CCCNC4)C3)cc2F)N1CC(C)(C)F. The molecule has 0 amide bonds. The van der Waals surface area contributed by atoms with Crippen LogP contribution in [-0.2, 0) is 13.0 Å². The number of fused-ring (bicyclic) bond motifs is 1. The van der Waals surface area contributed by atoms with E-state index in [2.05, 4.69) is 10.2 Å². The van der Waals surface area contributed by atoms with E-state index in [1.165, 1.54) is 26.0 Å². The molecule has 230 valence electrons. The quantitative estimate of drug-likeness (QED) is 0.306. The van der Waals surface area contributed by atoms with Crippen LogP contribution in [0.25, 0.3) is 0 Å². The number of benzene rings is 3. The van der Waals surface area contributed by atoms with E-state index < -0.39 is 23.3 Å². The molecule has 6 rings (SSSR count). The van der Waals surface area contributed by atoms with Crippen LogP contribution in [0.4, 0.5) is 18.9 Å². The summed E-state index contributed by atoms with van der Waals surface area (Å²) in [6, 6.07) is 17.8. The van der Waals surface area contributed by atoms with Crippen molar-refractivity contribution in [3.05, 3.63) is 94.6 Å². The topological polar surface area (TPSA) is 27.7 Å². The second kappa shape index (κ2) is 12.2. The van der Waals surface area contributed by atoms with Gasteiger partial charge in [-0.05, 0) is 100 Å². The fraction of sp³-hybridized carbons (Fsp3) is 0.500. The summed E-state index contributed by atoms with van der Waals surface area (Å²) in [5, 5.41) is 3.53. The zero-order chi connectivity index (χ0) is 30.2. The van der Waals surface area contributed by atoms with Crippen molar-refractivity contribution < 1.29 is 17.9 Å². The first-order valence-electron chi connectivity index (χ1n) is 15.8. The van der Waals surface area contributed by atoms with Gasteiger partial charge in [0.2, 0.25) is 0 Å². The third-order valence-corrected chi connectivity index (χ3v) is 9.55. The van der Waals surface area contributed by atoms with Gasteiger partial charge in [-0.15, -0.1) is 0 Å². The van der Waals surface area contributed by atoms with Crippen LogP contribution in [0.15, 0.2) is 60.7 Å². The molecule has 0 radical (unpaired) electrons. The first-order valence-corrected chi connectivity index (χ1v) is 15.8. The third-order valence-electron chi connectivity index (χ3n) is 9.55. The lowest BCUT2D eigenvalue weighted by Crippen LogP contribution is -2.51. The molecule has 0 bridgehead atoms. The molecule has 0 aliphatic carbocycles. The molecule has 7 heteroatoms. The van der Waals surface area contributed by atoms with Crippen molar-refractivity contribution in [3.63, 3.8) is 0 Å². The van der Waals surface area contributed by atoms with Crippen LogP contribution in [0.3, 0.4) is 0 Å². The van der Waals surface area contributed by atoms with E-state index in [1.807, 2.05) is 60.4 Å². The molecule has 0 aromatic heterocycles. The molecule has 3 aliphatic rings. The number of hydrogen-bond donors (Lipinski definition) is 1. The maximum Gasteiger partial charge on any atom is 0.133 e.